The van der Waals surface area contributed by atoms with Gasteiger partial charge in [0.1, 0.15) is 12.2 Å². The monoisotopic (exact) mass is 208 g/mol. The Morgan fingerprint density at radius 1 is 1.40 bits per heavy atom. The quantitative estimate of drug-likeness (QED) is 0.720. The Morgan fingerprint density at radius 3 is 2.73 bits per heavy atom. The minimum Gasteiger partial charge on any atom is -0.473 e. The third kappa shape index (κ3) is 2.37. The van der Waals surface area contributed by atoms with E-state index in [0.29, 0.717) is 18.2 Å². The lowest BCUT2D eigenvalue weighted by molar-refractivity contribution is -0.117. The maximum Gasteiger partial charge on any atom is 0.256 e. The summed E-state index contributed by atoms with van der Waals surface area (Å²) in [4.78, 5) is 11.7. The van der Waals surface area contributed by atoms with Crippen molar-refractivity contribution in [2.45, 2.75) is 38.1 Å². The molecule has 1 aliphatic carbocycles. The standard InChI is InChI=1S/C11H16N2O2/c12-10-9(6-7-15-10)11(14)13-8-4-2-1-3-5-8/h6,8,12H,1-5,7H2,(H,13,14). The Kier molecular flexibility index (Phi) is 3.04. The first kappa shape index (κ1) is 10.2. The van der Waals surface area contributed by atoms with Gasteiger partial charge < -0.3 is 10.1 Å². The zero-order valence-electron chi connectivity index (χ0n) is 8.71. The van der Waals surface area contributed by atoms with Gasteiger partial charge in [-0.05, 0) is 18.9 Å². The molecular weight excluding hydrogens is 192 g/mol. The molecule has 0 bridgehead atoms. The highest BCUT2D eigenvalue weighted by molar-refractivity contribution is 6.18. The Morgan fingerprint density at radius 2 is 2.13 bits per heavy atom. The molecule has 0 unspecified atom stereocenters. The topological polar surface area (TPSA) is 62.2 Å². The summed E-state index contributed by atoms with van der Waals surface area (Å²) in [6, 6.07) is 0.292. The highest BCUT2D eigenvalue weighted by Crippen LogP contribution is 2.18. The molecule has 0 spiro atoms. The van der Waals surface area contributed by atoms with Crippen molar-refractivity contribution in [1.82, 2.24) is 5.32 Å². The fourth-order valence-electron chi connectivity index (χ4n) is 2.08. The van der Waals surface area contributed by atoms with Gasteiger partial charge in [-0.3, -0.25) is 10.2 Å². The molecule has 2 aliphatic rings. The smallest absolute Gasteiger partial charge is 0.256 e. The van der Waals surface area contributed by atoms with Crippen molar-refractivity contribution in [3.05, 3.63) is 11.6 Å². The van der Waals surface area contributed by atoms with E-state index < -0.39 is 0 Å². The van der Waals surface area contributed by atoms with E-state index in [-0.39, 0.29) is 11.8 Å². The largest absolute Gasteiger partial charge is 0.473 e. The van der Waals surface area contributed by atoms with Crippen LogP contribution >= 0.6 is 0 Å². The van der Waals surface area contributed by atoms with E-state index in [1.807, 2.05) is 0 Å². The second kappa shape index (κ2) is 4.47. The summed E-state index contributed by atoms with van der Waals surface area (Å²) in [5.74, 6) is -0.146. The summed E-state index contributed by atoms with van der Waals surface area (Å²) in [5.41, 5.74) is 0.389. The zero-order chi connectivity index (χ0) is 10.7. The SMILES string of the molecule is N=C1OCC=C1C(=O)NC1CCCCC1. The molecule has 1 fully saturated rings. The molecule has 0 aromatic carbocycles. The number of hydrogen-bond acceptors (Lipinski definition) is 3. The first-order valence-electron chi connectivity index (χ1n) is 5.50. The van der Waals surface area contributed by atoms with E-state index in [0.717, 1.165) is 12.8 Å². The first-order chi connectivity index (χ1) is 7.27. The van der Waals surface area contributed by atoms with Crippen LogP contribution in [-0.2, 0) is 9.53 Å². The van der Waals surface area contributed by atoms with Crippen molar-refractivity contribution in [2.24, 2.45) is 0 Å². The molecule has 4 nitrogen and oxygen atoms in total. The summed E-state index contributed by atoms with van der Waals surface area (Å²) in [6.07, 6.45) is 7.45. The van der Waals surface area contributed by atoms with Gasteiger partial charge in [0.2, 0.25) is 5.90 Å². The molecule has 0 radical (unpaired) electrons. The van der Waals surface area contributed by atoms with Gasteiger partial charge in [0.05, 0.1) is 0 Å². The van der Waals surface area contributed by atoms with Crippen LogP contribution in [0.4, 0.5) is 0 Å². The van der Waals surface area contributed by atoms with E-state index in [4.69, 9.17) is 10.1 Å². The zero-order valence-corrected chi connectivity index (χ0v) is 8.71. The fourth-order valence-corrected chi connectivity index (χ4v) is 2.08. The molecule has 2 rings (SSSR count). The van der Waals surface area contributed by atoms with Crippen LogP contribution in [0.3, 0.4) is 0 Å². The van der Waals surface area contributed by atoms with E-state index >= 15 is 0 Å². The molecular formula is C11H16N2O2. The van der Waals surface area contributed by atoms with Crippen LogP contribution in [0.25, 0.3) is 0 Å². The highest BCUT2D eigenvalue weighted by atomic mass is 16.5. The van der Waals surface area contributed by atoms with E-state index in [1.54, 1.807) is 6.08 Å². The molecule has 1 heterocycles. The van der Waals surface area contributed by atoms with Crippen molar-refractivity contribution in [3.63, 3.8) is 0 Å². The molecule has 1 saturated carbocycles. The van der Waals surface area contributed by atoms with E-state index in [1.165, 1.54) is 19.3 Å². The van der Waals surface area contributed by atoms with Crippen molar-refractivity contribution in [3.8, 4) is 0 Å². The Hall–Kier alpha value is -1.32. The van der Waals surface area contributed by atoms with Crippen LogP contribution in [0, 0.1) is 5.41 Å². The number of ether oxygens (including phenoxy) is 1. The third-order valence-corrected chi connectivity index (χ3v) is 2.94. The Balaban J connectivity index is 1.88. The molecule has 82 valence electrons. The molecule has 0 atom stereocenters. The van der Waals surface area contributed by atoms with Gasteiger partial charge in [-0.15, -0.1) is 0 Å². The fraction of sp³-hybridized carbons (Fsp3) is 0.636. The average Bonchev–Trinajstić information content (AvgIpc) is 2.66. The second-order valence-corrected chi connectivity index (χ2v) is 4.07. The maximum atomic E-state index is 11.7. The summed E-state index contributed by atoms with van der Waals surface area (Å²) in [6.45, 7) is 0.353. The lowest BCUT2D eigenvalue weighted by Gasteiger charge is -2.22. The van der Waals surface area contributed by atoms with Crippen molar-refractivity contribution in [2.75, 3.05) is 6.61 Å². The van der Waals surface area contributed by atoms with Crippen molar-refractivity contribution in [1.29, 1.82) is 5.41 Å². The first-order valence-corrected chi connectivity index (χ1v) is 5.50. The van der Waals surface area contributed by atoms with Gasteiger partial charge in [0.25, 0.3) is 5.91 Å². The maximum absolute atomic E-state index is 11.7. The summed E-state index contributed by atoms with van der Waals surface area (Å²) in [7, 11) is 0. The highest BCUT2D eigenvalue weighted by Gasteiger charge is 2.23. The summed E-state index contributed by atoms with van der Waals surface area (Å²) >= 11 is 0. The van der Waals surface area contributed by atoms with Gasteiger partial charge in [-0.25, -0.2) is 0 Å². The van der Waals surface area contributed by atoms with Crippen LogP contribution < -0.4 is 5.32 Å². The number of carbonyl (C=O) groups excluding carboxylic acids is 1. The minimum absolute atomic E-state index is 0.00306. The Bertz CT molecular complexity index is 304. The minimum atomic E-state index is -0.149. The lowest BCUT2D eigenvalue weighted by atomic mass is 9.95. The van der Waals surface area contributed by atoms with Gasteiger partial charge in [0, 0.05) is 6.04 Å². The molecule has 0 aromatic heterocycles. The van der Waals surface area contributed by atoms with Gasteiger partial charge >= 0.3 is 0 Å². The number of carbonyl (C=O) groups is 1. The Labute approximate surface area is 89.2 Å². The van der Waals surface area contributed by atoms with Gasteiger partial charge in [-0.1, -0.05) is 19.3 Å². The van der Waals surface area contributed by atoms with Crippen molar-refractivity contribution >= 4 is 11.8 Å². The van der Waals surface area contributed by atoms with Gasteiger partial charge in [-0.2, -0.15) is 0 Å². The molecule has 15 heavy (non-hydrogen) atoms. The van der Waals surface area contributed by atoms with Crippen LogP contribution in [-0.4, -0.2) is 24.5 Å². The van der Waals surface area contributed by atoms with Crippen LogP contribution in [0.15, 0.2) is 11.6 Å². The lowest BCUT2D eigenvalue weighted by Crippen LogP contribution is -2.37. The summed E-state index contributed by atoms with van der Waals surface area (Å²) in [5, 5.41) is 10.4. The second-order valence-electron chi connectivity index (χ2n) is 4.07. The van der Waals surface area contributed by atoms with Crippen LogP contribution in [0.5, 0.6) is 0 Å². The third-order valence-electron chi connectivity index (χ3n) is 2.94. The molecule has 0 saturated heterocycles. The van der Waals surface area contributed by atoms with E-state index in [9.17, 15) is 4.79 Å². The predicted molar refractivity (Wildman–Crippen MR) is 56.8 cm³/mol. The number of nitrogens with one attached hydrogen (secondary N) is 2. The van der Waals surface area contributed by atoms with Gasteiger partial charge in [0.15, 0.2) is 0 Å². The number of amides is 1. The molecule has 4 heteroatoms. The average molecular weight is 208 g/mol. The summed E-state index contributed by atoms with van der Waals surface area (Å²) < 4.78 is 4.91. The van der Waals surface area contributed by atoms with E-state index in [2.05, 4.69) is 5.32 Å². The predicted octanol–water partition coefficient (Wildman–Crippen LogP) is 1.37. The van der Waals surface area contributed by atoms with Crippen LogP contribution in [0.2, 0.25) is 0 Å². The normalized spacial score (nSPS) is 22.1. The van der Waals surface area contributed by atoms with Crippen LogP contribution in [0.1, 0.15) is 32.1 Å². The molecule has 0 aromatic rings. The van der Waals surface area contributed by atoms with Crippen molar-refractivity contribution < 1.29 is 9.53 Å². The molecule has 1 amide bonds. The number of hydrogen-bond donors (Lipinski definition) is 2. The molecule has 2 N–H and O–H groups in total. The molecule has 1 aliphatic heterocycles. The number of rotatable bonds is 2.